The highest BCUT2D eigenvalue weighted by molar-refractivity contribution is 6.58. The Labute approximate surface area is 328 Å². The van der Waals surface area contributed by atoms with Crippen LogP contribution in [-0.4, -0.2) is 23.5 Å². The van der Waals surface area contributed by atoms with Crippen LogP contribution in [0.2, 0.25) is 5.11 Å². The van der Waals surface area contributed by atoms with Crippen LogP contribution in [0.1, 0.15) is 68.7 Å². The van der Waals surface area contributed by atoms with Crippen LogP contribution in [0.5, 0.6) is 0 Å². The van der Waals surface area contributed by atoms with Crippen LogP contribution in [0.4, 0.5) is 11.4 Å². The zero-order valence-electron chi connectivity index (χ0n) is 32.7. The summed E-state index contributed by atoms with van der Waals surface area (Å²) in [4.78, 5) is 2.36. The van der Waals surface area contributed by atoms with Crippen molar-refractivity contribution < 1.29 is 0 Å². The third kappa shape index (κ3) is 7.54. The summed E-state index contributed by atoms with van der Waals surface area (Å²) in [6, 6.07) is 30.7. The van der Waals surface area contributed by atoms with Crippen molar-refractivity contribution in [2.75, 3.05) is 4.90 Å². The minimum absolute atomic E-state index is 0.338. The van der Waals surface area contributed by atoms with E-state index in [-0.39, 0.29) is 0 Å². The molecule has 6 rings (SSSR count). The van der Waals surface area contributed by atoms with E-state index < -0.39 is 10.5 Å². The Hall–Kier alpha value is -4.95. The van der Waals surface area contributed by atoms with E-state index in [2.05, 4.69) is 168 Å². The predicted octanol–water partition coefficient (Wildman–Crippen LogP) is 12.9. The number of nitrogens with zero attached hydrogens (tertiary/aromatic N) is 1. The van der Waals surface area contributed by atoms with Gasteiger partial charge in [0.25, 0.3) is 0 Å². The Bertz CT molecular complexity index is 2190. The Morgan fingerprint density at radius 1 is 0.889 bits per heavy atom. The van der Waals surface area contributed by atoms with Crippen LogP contribution >= 0.6 is 0 Å². The van der Waals surface area contributed by atoms with Crippen molar-refractivity contribution in [2.24, 2.45) is 5.92 Å². The maximum Gasteiger partial charge on any atom is 0.0607 e. The van der Waals surface area contributed by atoms with Gasteiger partial charge in [0.15, 0.2) is 0 Å². The molecule has 0 saturated heterocycles. The van der Waals surface area contributed by atoms with Crippen LogP contribution < -0.4 is 4.90 Å². The fourth-order valence-electron chi connectivity index (χ4n) is 8.26. The smallest absolute Gasteiger partial charge is 0.0607 e. The standard InChI is InChI=1S/C50H50B3N/c1-8-16-41(10-3)49(42-26-22-34(4)23-27-42)33-40(19-15-32-50(51,52)53)48-45(20-14-21-46(48)49)44-30-31-47(37(7)36(44)6)54(35(5)9-2)43-28-24-39(25-29-43)38-17-12-11-13-18-38/h8-21,24-26,28-31,33-34H,1,3,22-23,27,32H2,2,4-7H3/b19-15-,35-9+,41-16+. The molecule has 0 aliphatic heterocycles. The average molecular weight is 697 g/mol. The third-order valence-electron chi connectivity index (χ3n) is 11.4. The van der Waals surface area contributed by atoms with E-state index in [1.807, 2.05) is 18.2 Å². The van der Waals surface area contributed by atoms with Crippen molar-refractivity contribution in [3.8, 4) is 22.3 Å². The summed E-state index contributed by atoms with van der Waals surface area (Å²) >= 11 is 0. The molecule has 0 spiro atoms. The molecule has 0 N–H and O–H groups in total. The van der Waals surface area contributed by atoms with Crippen molar-refractivity contribution in [1.82, 2.24) is 0 Å². The number of anilines is 2. The molecule has 54 heavy (non-hydrogen) atoms. The molecule has 4 aromatic carbocycles. The van der Waals surface area contributed by atoms with E-state index in [0.717, 1.165) is 47.5 Å². The number of hydrogen-bond acceptors (Lipinski definition) is 1. The lowest BCUT2D eigenvalue weighted by Gasteiger charge is -2.37. The van der Waals surface area contributed by atoms with Crippen LogP contribution in [-0.2, 0) is 5.41 Å². The fraction of sp³-hybridized carbons (Fsp3) is 0.240. The van der Waals surface area contributed by atoms with E-state index in [1.54, 1.807) is 0 Å². The summed E-state index contributed by atoms with van der Waals surface area (Å²) in [6.45, 7) is 19.5. The maximum atomic E-state index is 6.04. The monoisotopic (exact) mass is 697 g/mol. The number of benzene rings is 4. The number of hydrogen-bond donors (Lipinski definition) is 0. The molecule has 6 radical (unpaired) electrons. The minimum atomic E-state index is -1.30. The molecule has 1 nitrogen and oxygen atoms in total. The van der Waals surface area contributed by atoms with Gasteiger partial charge in [0.05, 0.1) is 29.0 Å². The summed E-state index contributed by atoms with van der Waals surface area (Å²) in [5.74, 6) is 0.653. The zero-order valence-corrected chi connectivity index (χ0v) is 32.7. The summed E-state index contributed by atoms with van der Waals surface area (Å²) in [6.07, 6.45) is 20.8. The highest BCUT2D eigenvalue weighted by Crippen LogP contribution is 2.55. The van der Waals surface area contributed by atoms with Crippen molar-refractivity contribution >= 4 is 40.5 Å². The number of allylic oxidation sites excluding steroid dienone is 12. The quantitative estimate of drug-likeness (QED) is 0.0809. The van der Waals surface area contributed by atoms with Crippen molar-refractivity contribution in [3.05, 3.63) is 186 Å². The summed E-state index contributed by atoms with van der Waals surface area (Å²) in [5.41, 5.74) is 16.3. The van der Waals surface area contributed by atoms with Gasteiger partial charge in [0, 0.05) is 17.1 Å². The molecule has 4 heteroatoms. The summed E-state index contributed by atoms with van der Waals surface area (Å²) in [5, 5.41) is -1.30. The molecule has 0 aromatic heterocycles. The van der Waals surface area contributed by atoms with Gasteiger partial charge in [-0.05, 0) is 127 Å². The minimum Gasteiger partial charge on any atom is -0.315 e. The van der Waals surface area contributed by atoms with Crippen molar-refractivity contribution in [2.45, 2.75) is 70.8 Å². The number of rotatable bonds is 12. The lowest BCUT2D eigenvalue weighted by atomic mass is 9.41. The lowest BCUT2D eigenvalue weighted by Crippen LogP contribution is -2.29. The maximum absolute atomic E-state index is 6.04. The van der Waals surface area contributed by atoms with Gasteiger partial charge in [0.1, 0.15) is 0 Å². The topological polar surface area (TPSA) is 3.24 Å². The second-order valence-corrected chi connectivity index (χ2v) is 15.1. The largest absolute Gasteiger partial charge is 0.315 e. The first-order valence-electron chi connectivity index (χ1n) is 19.2. The first-order chi connectivity index (χ1) is 25.9. The van der Waals surface area contributed by atoms with Crippen LogP contribution in [0.25, 0.3) is 27.8 Å². The molecule has 2 aliphatic rings. The zero-order chi connectivity index (χ0) is 38.6. The molecule has 2 atom stereocenters. The van der Waals surface area contributed by atoms with E-state index in [0.29, 0.717) is 12.3 Å². The number of fused-ring (bicyclic) bond motifs is 1. The van der Waals surface area contributed by atoms with Gasteiger partial charge < -0.3 is 4.90 Å². The van der Waals surface area contributed by atoms with E-state index in [4.69, 9.17) is 23.5 Å². The van der Waals surface area contributed by atoms with Gasteiger partial charge in [-0.15, -0.1) is 5.11 Å². The first-order valence-corrected chi connectivity index (χ1v) is 19.2. The second kappa shape index (κ2) is 16.2. The van der Waals surface area contributed by atoms with Gasteiger partial charge in [-0.3, -0.25) is 0 Å². The Morgan fingerprint density at radius 2 is 1.61 bits per heavy atom. The van der Waals surface area contributed by atoms with Gasteiger partial charge in [-0.1, -0.05) is 147 Å². The van der Waals surface area contributed by atoms with E-state index in [9.17, 15) is 0 Å². The predicted molar refractivity (Wildman–Crippen MR) is 238 cm³/mol. The highest BCUT2D eigenvalue weighted by Gasteiger charge is 2.44. The van der Waals surface area contributed by atoms with Crippen LogP contribution in [0.3, 0.4) is 0 Å². The van der Waals surface area contributed by atoms with Crippen molar-refractivity contribution in [1.29, 1.82) is 0 Å². The highest BCUT2D eigenvalue weighted by atomic mass is 15.1. The molecule has 2 aliphatic carbocycles. The Morgan fingerprint density at radius 3 is 2.24 bits per heavy atom. The van der Waals surface area contributed by atoms with Crippen molar-refractivity contribution in [3.63, 3.8) is 0 Å². The molecule has 4 aromatic rings. The molecular weight excluding hydrogens is 647 g/mol. The SMILES string of the molecule is [B]C([B])([B])C/C=C\C1=CC(C2=CCC(C)CC2)(/C(C=C)=C/C=C)c2cccc(-c3ccc(N(/C(C)=C/C)c4ccc(-c5ccccc5)cc4)c(C)c3C)c21. The van der Waals surface area contributed by atoms with Crippen LogP contribution in [0.15, 0.2) is 164 Å². The molecule has 2 unspecified atom stereocenters. The normalized spacial score (nSPS) is 18.9. The summed E-state index contributed by atoms with van der Waals surface area (Å²) in [7, 11) is 18.1. The summed E-state index contributed by atoms with van der Waals surface area (Å²) < 4.78 is 0. The van der Waals surface area contributed by atoms with E-state index >= 15 is 0 Å². The lowest BCUT2D eigenvalue weighted by molar-refractivity contribution is 0.490. The fourth-order valence-corrected chi connectivity index (χ4v) is 8.26. The Kier molecular flexibility index (Phi) is 11.6. The van der Waals surface area contributed by atoms with Gasteiger partial charge in [-0.2, -0.15) is 0 Å². The van der Waals surface area contributed by atoms with E-state index in [1.165, 1.54) is 50.1 Å². The average Bonchev–Trinajstić information content (AvgIpc) is 3.51. The molecule has 0 heterocycles. The van der Waals surface area contributed by atoms with Gasteiger partial charge >= 0.3 is 0 Å². The van der Waals surface area contributed by atoms with Gasteiger partial charge in [-0.25, -0.2) is 0 Å². The molecule has 0 amide bonds. The molecular formula is C50H50B3N. The molecule has 264 valence electrons. The molecule has 0 fully saturated rings. The molecule has 0 saturated carbocycles. The third-order valence-corrected chi connectivity index (χ3v) is 11.4. The van der Waals surface area contributed by atoms with Gasteiger partial charge in [0.2, 0.25) is 0 Å². The first kappa shape index (κ1) is 38.8. The Balaban J connectivity index is 1.53. The molecule has 0 bridgehead atoms. The second-order valence-electron chi connectivity index (χ2n) is 15.1. The van der Waals surface area contributed by atoms with Crippen LogP contribution in [0, 0.1) is 19.8 Å².